The fourth-order valence-corrected chi connectivity index (χ4v) is 1.63. The highest BCUT2D eigenvalue weighted by Gasteiger charge is 2.24. The van der Waals surface area contributed by atoms with E-state index in [-0.39, 0.29) is 18.8 Å². The first-order valence-corrected chi connectivity index (χ1v) is 5.75. The van der Waals surface area contributed by atoms with Gasteiger partial charge in [-0.15, -0.1) is 0 Å². The van der Waals surface area contributed by atoms with Crippen LogP contribution in [0.15, 0.2) is 12.1 Å². The van der Waals surface area contributed by atoms with Crippen LogP contribution in [-0.2, 0) is 20.9 Å². The molecule has 1 rings (SSSR count). The van der Waals surface area contributed by atoms with E-state index in [9.17, 15) is 14.3 Å². The number of hydrogen-bond acceptors (Lipinski definition) is 5. The molecule has 0 heterocycles. The SMILES string of the molecule is CCOC(=O)C(O)c1cc(COC)c(OC)cc1F. The minimum atomic E-state index is -1.67. The molecular formula is C13H17FO5. The third-order valence-corrected chi connectivity index (χ3v) is 2.50. The molecule has 1 aromatic rings. The number of halogens is 1. The van der Waals surface area contributed by atoms with E-state index >= 15 is 0 Å². The minimum Gasteiger partial charge on any atom is -0.496 e. The number of carbonyl (C=O) groups excluding carboxylic acids is 1. The Labute approximate surface area is 110 Å². The van der Waals surface area contributed by atoms with Gasteiger partial charge in [0.15, 0.2) is 6.10 Å². The Morgan fingerprint density at radius 2 is 2.11 bits per heavy atom. The normalized spacial score (nSPS) is 12.1. The molecule has 0 fully saturated rings. The molecule has 0 aliphatic rings. The van der Waals surface area contributed by atoms with Gasteiger partial charge in [-0.1, -0.05) is 0 Å². The molecule has 106 valence electrons. The van der Waals surface area contributed by atoms with Gasteiger partial charge in [-0.2, -0.15) is 0 Å². The van der Waals surface area contributed by atoms with E-state index in [0.29, 0.717) is 11.3 Å². The molecule has 0 amide bonds. The number of ether oxygens (including phenoxy) is 3. The van der Waals surface area contributed by atoms with Crippen LogP contribution in [-0.4, -0.2) is 31.9 Å². The van der Waals surface area contributed by atoms with E-state index in [1.54, 1.807) is 6.92 Å². The molecular weight excluding hydrogens is 255 g/mol. The van der Waals surface area contributed by atoms with Crippen molar-refractivity contribution in [3.8, 4) is 5.75 Å². The van der Waals surface area contributed by atoms with Crippen molar-refractivity contribution in [3.05, 3.63) is 29.1 Å². The van der Waals surface area contributed by atoms with Crippen molar-refractivity contribution in [2.24, 2.45) is 0 Å². The molecule has 0 bridgehead atoms. The fraction of sp³-hybridized carbons (Fsp3) is 0.462. The van der Waals surface area contributed by atoms with Gasteiger partial charge >= 0.3 is 5.97 Å². The van der Waals surface area contributed by atoms with E-state index in [0.717, 1.165) is 6.07 Å². The van der Waals surface area contributed by atoms with Crippen LogP contribution in [0, 0.1) is 5.82 Å². The van der Waals surface area contributed by atoms with E-state index in [4.69, 9.17) is 9.47 Å². The lowest BCUT2D eigenvalue weighted by Crippen LogP contribution is -2.17. The Hall–Kier alpha value is -1.66. The highest BCUT2D eigenvalue weighted by Crippen LogP contribution is 2.27. The third kappa shape index (κ3) is 3.65. The predicted octanol–water partition coefficient (Wildman–Crippen LogP) is 1.58. The van der Waals surface area contributed by atoms with Crippen molar-refractivity contribution >= 4 is 5.97 Å². The molecule has 0 saturated heterocycles. The lowest BCUT2D eigenvalue weighted by molar-refractivity contribution is -0.153. The maximum absolute atomic E-state index is 13.8. The molecule has 1 atom stereocenters. The van der Waals surface area contributed by atoms with Crippen LogP contribution < -0.4 is 4.74 Å². The van der Waals surface area contributed by atoms with Crippen molar-refractivity contribution in [2.45, 2.75) is 19.6 Å². The number of aliphatic hydroxyl groups is 1. The van der Waals surface area contributed by atoms with E-state index in [1.165, 1.54) is 20.3 Å². The first kappa shape index (κ1) is 15.4. The maximum atomic E-state index is 13.8. The number of benzene rings is 1. The zero-order valence-corrected chi connectivity index (χ0v) is 11.1. The molecule has 1 unspecified atom stereocenters. The van der Waals surface area contributed by atoms with Crippen LogP contribution in [0.4, 0.5) is 4.39 Å². The number of hydrogen-bond donors (Lipinski definition) is 1. The highest BCUT2D eigenvalue weighted by atomic mass is 19.1. The lowest BCUT2D eigenvalue weighted by atomic mass is 10.0. The van der Waals surface area contributed by atoms with Crippen LogP contribution in [0.1, 0.15) is 24.2 Å². The molecule has 1 aromatic carbocycles. The van der Waals surface area contributed by atoms with Gasteiger partial charge in [-0.05, 0) is 13.0 Å². The molecule has 0 radical (unpaired) electrons. The highest BCUT2D eigenvalue weighted by molar-refractivity contribution is 5.76. The summed E-state index contributed by atoms with van der Waals surface area (Å²) in [5.41, 5.74) is 0.371. The van der Waals surface area contributed by atoms with Crippen molar-refractivity contribution in [1.29, 1.82) is 0 Å². The van der Waals surface area contributed by atoms with Crippen molar-refractivity contribution in [2.75, 3.05) is 20.8 Å². The Kier molecular flexibility index (Phi) is 5.72. The first-order chi connectivity index (χ1) is 9.04. The zero-order chi connectivity index (χ0) is 14.4. The van der Waals surface area contributed by atoms with Gasteiger partial charge in [-0.3, -0.25) is 0 Å². The first-order valence-electron chi connectivity index (χ1n) is 5.75. The van der Waals surface area contributed by atoms with Crippen LogP contribution in [0.2, 0.25) is 0 Å². The molecule has 0 aromatic heterocycles. The minimum absolute atomic E-state index is 0.110. The number of esters is 1. The summed E-state index contributed by atoms with van der Waals surface area (Å²) >= 11 is 0. The van der Waals surface area contributed by atoms with Gasteiger partial charge in [-0.25, -0.2) is 9.18 Å². The van der Waals surface area contributed by atoms with Crippen molar-refractivity contribution in [3.63, 3.8) is 0 Å². The van der Waals surface area contributed by atoms with Gasteiger partial charge in [0.1, 0.15) is 11.6 Å². The fourth-order valence-electron chi connectivity index (χ4n) is 1.63. The maximum Gasteiger partial charge on any atom is 0.339 e. The van der Waals surface area contributed by atoms with E-state index < -0.39 is 17.9 Å². The molecule has 1 N–H and O–H groups in total. The summed E-state index contributed by atoms with van der Waals surface area (Å²) in [6.45, 7) is 1.88. The Morgan fingerprint density at radius 1 is 1.42 bits per heavy atom. The summed E-state index contributed by atoms with van der Waals surface area (Å²) in [7, 11) is 2.87. The van der Waals surface area contributed by atoms with Crippen LogP contribution in [0.5, 0.6) is 5.75 Å². The number of aliphatic hydroxyl groups excluding tert-OH is 1. The lowest BCUT2D eigenvalue weighted by Gasteiger charge is -2.14. The van der Waals surface area contributed by atoms with Gasteiger partial charge in [0, 0.05) is 24.3 Å². The summed E-state index contributed by atoms with van der Waals surface area (Å²) in [5.74, 6) is -1.34. The number of methoxy groups -OCH3 is 2. The van der Waals surface area contributed by atoms with E-state index in [2.05, 4.69) is 4.74 Å². The molecule has 0 aliphatic carbocycles. The molecule has 5 nitrogen and oxygen atoms in total. The summed E-state index contributed by atoms with van der Waals surface area (Å²) in [6, 6.07) is 2.44. The molecule has 0 saturated carbocycles. The monoisotopic (exact) mass is 272 g/mol. The Balaban J connectivity index is 3.13. The summed E-state index contributed by atoms with van der Waals surface area (Å²) in [4.78, 5) is 11.4. The molecule has 19 heavy (non-hydrogen) atoms. The second-order valence-corrected chi connectivity index (χ2v) is 3.77. The van der Waals surface area contributed by atoms with Crippen molar-refractivity contribution < 1.29 is 28.5 Å². The average molecular weight is 272 g/mol. The Bertz CT molecular complexity index is 447. The predicted molar refractivity (Wildman–Crippen MR) is 65.3 cm³/mol. The molecule has 6 heteroatoms. The van der Waals surface area contributed by atoms with Crippen LogP contribution in [0.25, 0.3) is 0 Å². The zero-order valence-electron chi connectivity index (χ0n) is 11.1. The summed E-state index contributed by atoms with van der Waals surface area (Å²) in [5, 5.41) is 9.76. The van der Waals surface area contributed by atoms with Gasteiger partial charge < -0.3 is 19.3 Å². The van der Waals surface area contributed by atoms with Crippen molar-refractivity contribution in [1.82, 2.24) is 0 Å². The summed E-state index contributed by atoms with van der Waals surface area (Å²) in [6.07, 6.45) is -1.67. The second kappa shape index (κ2) is 7.06. The molecule has 0 aliphatic heterocycles. The average Bonchev–Trinajstić information content (AvgIpc) is 2.40. The number of carbonyl (C=O) groups is 1. The molecule has 0 spiro atoms. The third-order valence-electron chi connectivity index (χ3n) is 2.50. The standard InChI is InChI=1S/C13H17FO5/c1-4-19-13(16)12(15)9-5-8(7-17-2)11(18-3)6-10(9)14/h5-6,12,15H,4,7H2,1-3H3. The quantitative estimate of drug-likeness (QED) is 0.796. The second-order valence-electron chi connectivity index (χ2n) is 3.77. The van der Waals surface area contributed by atoms with E-state index in [1.807, 2.05) is 0 Å². The van der Waals surface area contributed by atoms with Gasteiger partial charge in [0.2, 0.25) is 0 Å². The van der Waals surface area contributed by atoms with Gasteiger partial charge in [0.25, 0.3) is 0 Å². The largest absolute Gasteiger partial charge is 0.496 e. The smallest absolute Gasteiger partial charge is 0.339 e. The summed E-state index contributed by atoms with van der Waals surface area (Å²) < 4.78 is 28.4. The van der Waals surface area contributed by atoms with Gasteiger partial charge in [0.05, 0.1) is 20.3 Å². The number of rotatable bonds is 6. The van der Waals surface area contributed by atoms with Crippen LogP contribution in [0.3, 0.4) is 0 Å². The Morgan fingerprint density at radius 3 is 2.63 bits per heavy atom. The van der Waals surface area contributed by atoms with Crippen LogP contribution >= 0.6 is 0 Å². The topological polar surface area (TPSA) is 65.0 Å².